The molecule has 1 aromatic heterocycles. The lowest BCUT2D eigenvalue weighted by molar-refractivity contribution is 0.102. The number of carbonyl (C=O) groups is 1. The Kier molecular flexibility index (Phi) is 7.22. The maximum absolute atomic E-state index is 13.3. The van der Waals surface area contributed by atoms with Gasteiger partial charge in [-0.05, 0) is 47.9 Å². The fraction of sp³-hybridized carbons (Fsp3) is 0.217. The molecule has 3 aromatic rings. The highest BCUT2D eigenvalue weighted by Crippen LogP contribution is 2.24. The number of carbonyl (C=O) groups excluding carboxylic acids is 1. The minimum absolute atomic E-state index is 0.0149. The molecule has 0 atom stereocenters. The number of sulfonamides is 1. The Morgan fingerprint density at radius 3 is 2.41 bits per heavy atom. The quantitative estimate of drug-likeness (QED) is 0.476. The smallest absolute Gasteiger partial charge is 0.259 e. The Labute approximate surface area is 187 Å². The molecule has 7 nitrogen and oxygen atoms in total. The summed E-state index contributed by atoms with van der Waals surface area (Å²) >= 11 is 0. The zero-order valence-electron chi connectivity index (χ0n) is 17.9. The summed E-state index contributed by atoms with van der Waals surface area (Å²) in [6, 6.07) is 12.5. The van der Waals surface area contributed by atoms with E-state index in [1.807, 2.05) is 13.8 Å². The van der Waals surface area contributed by atoms with Gasteiger partial charge in [-0.15, -0.1) is 6.58 Å². The molecule has 2 aromatic carbocycles. The number of benzene rings is 2. The third-order valence-electron chi connectivity index (χ3n) is 4.69. The first-order valence-electron chi connectivity index (χ1n) is 10.0. The summed E-state index contributed by atoms with van der Waals surface area (Å²) < 4.78 is 41.3. The Morgan fingerprint density at radius 2 is 1.81 bits per heavy atom. The van der Waals surface area contributed by atoms with Gasteiger partial charge in [0, 0.05) is 12.2 Å². The molecule has 0 spiro atoms. The monoisotopic (exact) mass is 456 g/mol. The van der Waals surface area contributed by atoms with Crippen LogP contribution in [-0.4, -0.2) is 30.7 Å². The predicted octanol–water partition coefficient (Wildman–Crippen LogP) is 3.99. The summed E-state index contributed by atoms with van der Waals surface area (Å²) in [7, 11) is -3.46. The average molecular weight is 457 g/mol. The van der Waals surface area contributed by atoms with E-state index >= 15 is 0 Å². The lowest BCUT2D eigenvalue weighted by Crippen LogP contribution is -2.25. The van der Waals surface area contributed by atoms with E-state index in [4.69, 9.17) is 0 Å². The molecule has 1 amide bonds. The number of rotatable bonds is 9. The van der Waals surface area contributed by atoms with Crippen molar-refractivity contribution < 1.29 is 17.6 Å². The van der Waals surface area contributed by atoms with Crippen LogP contribution in [0.2, 0.25) is 0 Å². The van der Waals surface area contributed by atoms with Crippen LogP contribution in [0, 0.1) is 5.82 Å². The highest BCUT2D eigenvalue weighted by molar-refractivity contribution is 7.88. The van der Waals surface area contributed by atoms with Crippen molar-refractivity contribution in [3.05, 3.63) is 90.0 Å². The van der Waals surface area contributed by atoms with Gasteiger partial charge in [0.1, 0.15) is 5.82 Å². The van der Waals surface area contributed by atoms with Gasteiger partial charge in [-0.2, -0.15) is 5.10 Å². The molecule has 1 heterocycles. The fourth-order valence-electron chi connectivity index (χ4n) is 3.22. The van der Waals surface area contributed by atoms with Crippen molar-refractivity contribution in [2.45, 2.75) is 25.5 Å². The number of halogens is 1. The van der Waals surface area contributed by atoms with Crippen molar-refractivity contribution in [3.8, 4) is 5.69 Å². The largest absolute Gasteiger partial charge is 0.322 e. The molecule has 0 aliphatic heterocycles. The van der Waals surface area contributed by atoms with E-state index in [1.54, 1.807) is 41.1 Å². The topological polar surface area (TPSA) is 93.1 Å². The summed E-state index contributed by atoms with van der Waals surface area (Å²) in [5.74, 6) is -0.872. The Bertz CT molecular complexity index is 1200. The van der Waals surface area contributed by atoms with Crippen LogP contribution in [0.3, 0.4) is 0 Å². The van der Waals surface area contributed by atoms with Gasteiger partial charge >= 0.3 is 0 Å². The zero-order chi connectivity index (χ0) is 23.3. The van der Waals surface area contributed by atoms with Crippen molar-refractivity contribution in [3.63, 3.8) is 0 Å². The van der Waals surface area contributed by atoms with E-state index in [0.29, 0.717) is 28.2 Å². The first-order valence-corrected chi connectivity index (χ1v) is 11.7. The van der Waals surface area contributed by atoms with E-state index in [-0.39, 0.29) is 29.9 Å². The molecule has 3 rings (SSSR count). The molecule has 9 heteroatoms. The molecule has 0 aliphatic rings. The summed E-state index contributed by atoms with van der Waals surface area (Å²) in [5.41, 5.74) is 2.88. The SMILES string of the molecule is C=CCNS(=O)(=O)Cc1ccc(NC(=O)c2cnn(-c3ccc(F)cc3)c2C(C)C)cc1. The van der Waals surface area contributed by atoms with Gasteiger partial charge in [0.15, 0.2) is 0 Å². The average Bonchev–Trinajstić information content (AvgIpc) is 3.20. The van der Waals surface area contributed by atoms with Crippen molar-refractivity contribution in [2.75, 3.05) is 11.9 Å². The maximum Gasteiger partial charge on any atom is 0.259 e. The predicted molar refractivity (Wildman–Crippen MR) is 123 cm³/mol. The normalized spacial score (nSPS) is 11.5. The lowest BCUT2D eigenvalue weighted by atomic mass is 10.0. The number of nitrogens with one attached hydrogen (secondary N) is 2. The number of nitrogens with zero attached hydrogens (tertiary/aromatic N) is 2. The minimum atomic E-state index is -3.46. The standard InChI is InChI=1S/C23H25FN4O3S/c1-4-13-26-32(30,31)15-17-5-9-19(10-6-17)27-23(29)21-14-25-28(22(21)16(2)3)20-11-7-18(24)8-12-20/h4-12,14,16,26H,1,13,15H2,2-3H3,(H,27,29). The van der Waals surface area contributed by atoms with Crippen LogP contribution in [0.15, 0.2) is 67.4 Å². The molecule has 0 radical (unpaired) electrons. The van der Waals surface area contributed by atoms with Gasteiger partial charge in [0.25, 0.3) is 5.91 Å². The molecule has 32 heavy (non-hydrogen) atoms. The highest BCUT2D eigenvalue weighted by Gasteiger charge is 2.21. The van der Waals surface area contributed by atoms with E-state index in [0.717, 1.165) is 0 Å². The maximum atomic E-state index is 13.3. The van der Waals surface area contributed by atoms with Gasteiger partial charge in [-0.3, -0.25) is 4.79 Å². The van der Waals surface area contributed by atoms with Crippen LogP contribution in [0.1, 0.15) is 41.4 Å². The van der Waals surface area contributed by atoms with Crippen LogP contribution in [0.4, 0.5) is 10.1 Å². The molecule has 0 fully saturated rings. The molecule has 0 saturated heterocycles. The molecule has 0 aliphatic carbocycles. The number of hydrogen-bond acceptors (Lipinski definition) is 4. The second-order valence-corrected chi connectivity index (χ2v) is 9.34. The van der Waals surface area contributed by atoms with Crippen LogP contribution in [0.25, 0.3) is 5.69 Å². The number of hydrogen-bond donors (Lipinski definition) is 2. The molecular weight excluding hydrogens is 431 g/mol. The van der Waals surface area contributed by atoms with Gasteiger partial charge in [0.2, 0.25) is 10.0 Å². The van der Waals surface area contributed by atoms with Crippen molar-refractivity contribution in [2.24, 2.45) is 0 Å². The number of aromatic nitrogens is 2. The number of anilines is 1. The molecule has 168 valence electrons. The van der Waals surface area contributed by atoms with E-state index in [9.17, 15) is 17.6 Å². The number of amides is 1. The van der Waals surface area contributed by atoms with Gasteiger partial charge in [-0.1, -0.05) is 32.1 Å². The van der Waals surface area contributed by atoms with Gasteiger partial charge in [-0.25, -0.2) is 22.2 Å². The molecule has 2 N–H and O–H groups in total. The lowest BCUT2D eigenvalue weighted by Gasteiger charge is -2.13. The summed E-state index contributed by atoms with van der Waals surface area (Å²) in [5, 5.41) is 7.15. The fourth-order valence-corrected chi connectivity index (χ4v) is 4.32. The van der Waals surface area contributed by atoms with Crippen molar-refractivity contribution in [1.82, 2.24) is 14.5 Å². The third-order valence-corrected chi connectivity index (χ3v) is 6.01. The summed E-state index contributed by atoms with van der Waals surface area (Å²) in [4.78, 5) is 12.9. The van der Waals surface area contributed by atoms with E-state index < -0.39 is 10.0 Å². The molecule has 0 unspecified atom stereocenters. The highest BCUT2D eigenvalue weighted by atomic mass is 32.2. The second kappa shape index (κ2) is 9.88. The Morgan fingerprint density at radius 1 is 1.16 bits per heavy atom. The Hall–Kier alpha value is -3.30. The molecular formula is C23H25FN4O3S. The Balaban J connectivity index is 1.77. The van der Waals surface area contributed by atoms with Gasteiger partial charge in [0.05, 0.1) is 28.9 Å². The molecule has 0 saturated carbocycles. The van der Waals surface area contributed by atoms with Crippen molar-refractivity contribution >= 4 is 21.6 Å². The van der Waals surface area contributed by atoms with Crippen LogP contribution in [0.5, 0.6) is 0 Å². The summed E-state index contributed by atoms with van der Waals surface area (Å²) in [6.45, 7) is 7.55. The zero-order valence-corrected chi connectivity index (χ0v) is 18.7. The van der Waals surface area contributed by atoms with Gasteiger partial charge < -0.3 is 5.32 Å². The second-order valence-electron chi connectivity index (χ2n) is 7.53. The molecule has 0 bridgehead atoms. The third kappa shape index (κ3) is 5.68. The van der Waals surface area contributed by atoms with Crippen LogP contribution < -0.4 is 10.0 Å². The van der Waals surface area contributed by atoms with Crippen molar-refractivity contribution in [1.29, 1.82) is 0 Å². The first kappa shape index (κ1) is 23.4. The minimum Gasteiger partial charge on any atom is -0.322 e. The van der Waals surface area contributed by atoms with E-state index in [2.05, 4.69) is 21.7 Å². The van der Waals surface area contributed by atoms with E-state index in [1.165, 1.54) is 24.4 Å². The van der Waals surface area contributed by atoms with Crippen LogP contribution >= 0.6 is 0 Å². The first-order chi connectivity index (χ1) is 15.2. The van der Waals surface area contributed by atoms with Crippen LogP contribution in [-0.2, 0) is 15.8 Å². The summed E-state index contributed by atoms with van der Waals surface area (Å²) in [6.07, 6.45) is 2.96.